The highest BCUT2D eigenvalue weighted by atomic mass is 19.2. The molecule has 0 bridgehead atoms. The maximum absolute atomic E-state index is 14.8. The van der Waals surface area contributed by atoms with Crippen LogP contribution in [-0.4, -0.2) is 79.7 Å². The van der Waals surface area contributed by atoms with E-state index in [0.29, 0.717) is 23.2 Å². The van der Waals surface area contributed by atoms with Crippen molar-refractivity contribution in [2.24, 2.45) is 15.9 Å². The quantitative estimate of drug-likeness (QED) is 0.591. The number of hydrogen-bond donors (Lipinski definition) is 1. The summed E-state index contributed by atoms with van der Waals surface area (Å²) in [4.78, 5) is 28.2. The molecule has 1 N–H and O–H groups in total. The Bertz CT molecular complexity index is 1350. The van der Waals surface area contributed by atoms with Crippen LogP contribution >= 0.6 is 0 Å². The number of amides is 1. The molecule has 2 aromatic carbocycles. The summed E-state index contributed by atoms with van der Waals surface area (Å²) in [5.41, 5.74) is 2.51. The van der Waals surface area contributed by atoms with Crippen LogP contribution in [0.4, 0.5) is 14.5 Å². The molecule has 3 aliphatic heterocycles. The molecule has 1 fully saturated rings. The Morgan fingerprint density at radius 2 is 1.92 bits per heavy atom. The Morgan fingerprint density at radius 1 is 1.15 bits per heavy atom. The number of rotatable bonds is 6. The number of aliphatic imine (C=N–C) groups is 2. The van der Waals surface area contributed by atoms with Gasteiger partial charge in [-0.15, -0.1) is 0 Å². The van der Waals surface area contributed by atoms with Crippen molar-refractivity contribution in [2.45, 2.75) is 25.8 Å². The minimum atomic E-state index is -1.01. The summed E-state index contributed by atoms with van der Waals surface area (Å²) in [5.74, 6) is -0.381. The van der Waals surface area contributed by atoms with Crippen molar-refractivity contribution in [1.29, 1.82) is 0 Å². The van der Waals surface area contributed by atoms with E-state index in [1.807, 2.05) is 30.0 Å². The van der Waals surface area contributed by atoms with Crippen molar-refractivity contribution in [2.75, 3.05) is 52.7 Å². The number of amidine groups is 2. The highest BCUT2D eigenvalue weighted by Gasteiger charge is 2.35. The second kappa shape index (κ2) is 11.1. The van der Waals surface area contributed by atoms with Gasteiger partial charge in [0.2, 0.25) is 5.82 Å². The van der Waals surface area contributed by atoms with Gasteiger partial charge in [-0.2, -0.15) is 4.39 Å². The topological polar surface area (TPSA) is 72.8 Å². The van der Waals surface area contributed by atoms with E-state index in [-0.39, 0.29) is 23.8 Å². The van der Waals surface area contributed by atoms with Crippen LogP contribution in [0.5, 0.6) is 5.75 Å². The maximum Gasteiger partial charge on any atom is 0.254 e. The van der Waals surface area contributed by atoms with Crippen molar-refractivity contribution in [3.8, 4) is 5.75 Å². The normalized spacial score (nSPS) is 19.2. The van der Waals surface area contributed by atoms with E-state index in [1.54, 1.807) is 17.3 Å². The number of carbonyl (C=O) groups excluding carboxylic acids is 1. The number of likely N-dealkylation sites (tertiary alicyclic amines) is 1. The van der Waals surface area contributed by atoms with Crippen molar-refractivity contribution in [3.63, 3.8) is 0 Å². The number of hydrogen-bond acceptors (Lipinski definition) is 7. The Morgan fingerprint density at radius 3 is 2.62 bits per heavy atom. The molecule has 206 valence electrons. The molecule has 39 heavy (non-hydrogen) atoms. The van der Waals surface area contributed by atoms with Gasteiger partial charge in [-0.25, -0.2) is 9.38 Å². The summed E-state index contributed by atoms with van der Waals surface area (Å²) in [7, 11) is 5.47. The zero-order chi connectivity index (χ0) is 27.7. The van der Waals surface area contributed by atoms with Gasteiger partial charge in [0.25, 0.3) is 5.91 Å². The van der Waals surface area contributed by atoms with E-state index in [1.165, 1.54) is 19.2 Å². The first kappa shape index (κ1) is 26.8. The molecule has 10 heteroatoms. The van der Waals surface area contributed by atoms with Crippen molar-refractivity contribution in [1.82, 2.24) is 14.7 Å². The molecular formula is C29H34F2N6O2. The molecule has 0 aliphatic carbocycles. The standard InChI is InChI=1S/C29H34F2N6O2/c1-18-15-20(5-6-21(18)29(38)36-12-9-19(10-13-36)17-35(2)3)34-27-28-33-16-23(37(28)14-11-32-27)22-7-8-24(39-4)26(31)25(22)30/h5-8,11,14-15,19,23H,9-10,12-13,16-17H2,1-4H3,(H,32,34). The van der Waals surface area contributed by atoms with Gasteiger partial charge in [-0.05, 0) is 69.6 Å². The molecule has 8 nitrogen and oxygen atoms in total. The zero-order valence-electron chi connectivity index (χ0n) is 22.7. The molecule has 0 aromatic heterocycles. The number of piperidine rings is 1. The van der Waals surface area contributed by atoms with Crippen LogP contribution in [0.25, 0.3) is 0 Å². The number of aryl methyl sites for hydroxylation is 1. The van der Waals surface area contributed by atoms with Gasteiger partial charge in [-0.1, -0.05) is 6.07 Å². The van der Waals surface area contributed by atoms with Gasteiger partial charge in [0.1, 0.15) is 0 Å². The number of methoxy groups -OCH3 is 1. The molecule has 0 spiro atoms. The molecule has 5 rings (SSSR count). The fourth-order valence-electron chi connectivity index (χ4n) is 5.52. The van der Waals surface area contributed by atoms with Crippen LogP contribution < -0.4 is 10.1 Å². The lowest BCUT2D eigenvalue weighted by atomic mass is 9.95. The van der Waals surface area contributed by atoms with E-state index in [4.69, 9.17) is 4.74 Å². The molecule has 0 saturated carbocycles. The molecular weight excluding hydrogens is 502 g/mol. The molecule has 0 radical (unpaired) electrons. The highest BCUT2D eigenvalue weighted by Crippen LogP contribution is 2.34. The molecule has 3 heterocycles. The predicted molar refractivity (Wildman–Crippen MR) is 148 cm³/mol. The second-order valence-electron chi connectivity index (χ2n) is 10.5. The summed E-state index contributed by atoms with van der Waals surface area (Å²) in [6.45, 7) is 4.78. The van der Waals surface area contributed by atoms with E-state index >= 15 is 0 Å². The fourth-order valence-corrected chi connectivity index (χ4v) is 5.52. The highest BCUT2D eigenvalue weighted by molar-refractivity contribution is 6.45. The average Bonchev–Trinajstić information content (AvgIpc) is 3.35. The van der Waals surface area contributed by atoms with Crippen LogP contribution in [0, 0.1) is 24.5 Å². The summed E-state index contributed by atoms with van der Waals surface area (Å²) < 4.78 is 34.1. The number of fused-ring (bicyclic) bond motifs is 1. The minimum absolute atomic E-state index is 0.0585. The van der Waals surface area contributed by atoms with Crippen LogP contribution in [0.3, 0.4) is 0 Å². The molecule has 1 amide bonds. The van der Waals surface area contributed by atoms with E-state index in [2.05, 4.69) is 34.3 Å². The lowest BCUT2D eigenvalue weighted by molar-refractivity contribution is 0.0677. The van der Waals surface area contributed by atoms with Gasteiger partial charge in [0, 0.05) is 48.8 Å². The number of benzene rings is 2. The predicted octanol–water partition coefficient (Wildman–Crippen LogP) is 4.45. The Hall–Kier alpha value is -3.79. The first-order valence-corrected chi connectivity index (χ1v) is 13.2. The third kappa shape index (κ3) is 5.38. The molecule has 1 atom stereocenters. The number of halogens is 2. The summed E-state index contributed by atoms with van der Waals surface area (Å²) in [6, 6.07) is 8.06. The SMILES string of the molecule is COc1ccc(C2CN=C3C(Nc4ccc(C(=O)N5CCC(CN(C)C)CC5)c(C)c4)=NC=CN32)c(F)c1F. The second-order valence-corrected chi connectivity index (χ2v) is 10.5. The first-order chi connectivity index (χ1) is 18.8. The minimum Gasteiger partial charge on any atom is -0.494 e. The summed E-state index contributed by atoms with van der Waals surface area (Å²) in [5, 5.41) is 3.29. The molecule has 1 unspecified atom stereocenters. The molecule has 1 saturated heterocycles. The van der Waals surface area contributed by atoms with Gasteiger partial charge in [0.05, 0.1) is 19.7 Å². The van der Waals surface area contributed by atoms with Crippen molar-refractivity contribution >= 4 is 23.3 Å². The first-order valence-electron chi connectivity index (χ1n) is 13.2. The monoisotopic (exact) mass is 536 g/mol. The zero-order valence-corrected chi connectivity index (χ0v) is 22.7. The number of nitrogens with zero attached hydrogens (tertiary/aromatic N) is 5. The van der Waals surface area contributed by atoms with Crippen molar-refractivity contribution < 1.29 is 18.3 Å². The number of carbonyl (C=O) groups is 1. The summed E-state index contributed by atoms with van der Waals surface area (Å²) >= 11 is 0. The third-order valence-corrected chi connectivity index (χ3v) is 7.54. The van der Waals surface area contributed by atoms with Gasteiger partial charge in [0.15, 0.2) is 23.2 Å². The smallest absolute Gasteiger partial charge is 0.254 e. The van der Waals surface area contributed by atoms with Crippen molar-refractivity contribution in [3.05, 3.63) is 71.1 Å². The fraction of sp³-hybridized carbons (Fsp3) is 0.414. The van der Waals surface area contributed by atoms with Gasteiger partial charge in [-0.3, -0.25) is 9.79 Å². The third-order valence-electron chi connectivity index (χ3n) is 7.54. The van der Waals surface area contributed by atoms with E-state index in [9.17, 15) is 13.6 Å². The Kier molecular flexibility index (Phi) is 7.65. The van der Waals surface area contributed by atoms with E-state index < -0.39 is 17.7 Å². The van der Waals surface area contributed by atoms with Crippen LogP contribution in [0.2, 0.25) is 0 Å². The van der Waals surface area contributed by atoms with Crippen LogP contribution in [0.1, 0.15) is 40.4 Å². The maximum atomic E-state index is 14.8. The number of anilines is 1. The Balaban J connectivity index is 1.26. The number of nitrogens with one attached hydrogen (secondary N) is 1. The molecule has 2 aromatic rings. The van der Waals surface area contributed by atoms with Crippen LogP contribution in [-0.2, 0) is 0 Å². The van der Waals surface area contributed by atoms with E-state index in [0.717, 1.165) is 43.7 Å². The largest absolute Gasteiger partial charge is 0.494 e. The lowest BCUT2D eigenvalue weighted by Gasteiger charge is -2.33. The lowest BCUT2D eigenvalue weighted by Crippen LogP contribution is -2.40. The molecule has 3 aliphatic rings. The van der Waals surface area contributed by atoms with Crippen LogP contribution in [0.15, 0.2) is 52.7 Å². The Labute approximate surface area is 227 Å². The summed E-state index contributed by atoms with van der Waals surface area (Å²) in [6.07, 6.45) is 5.34. The van der Waals surface area contributed by atoms with Gasteiger partial charge >= 0.3 is 0 Å². The van der Waals surface area contributed by atoms with Gasteiger partial charge < -0.3 is 24.8 Å². The number of ether oxygens (including phenoxy) is 1. The average molecular weight is 537 g/mol.